The molecule has 0 radical (unpaired) electrons. The molecule has 6 nitrogen and oxygen atoms in total. The number of imidazole rings is 1. The molecule has 2 aliphatic heterocycles. The second kappa shape index (κ2) is 7.94. The molecule has 2 saturated heterocycles. The van der Waals surface area contributed by atoms with Crippen molar-refractivity contribution in [1.29, 1.82) is 0 Å². The first-order valence-corrected chi connectivity index (χ1v) is 12.3. The predicted molar refractivity (Wildman–Crippen MR) is 121 cm³/mol. The van der Waals surface area contributed by atoms with E-state index < -0.39 is 0 Å². The van der Waals surface area contributed by atoms with Crippen molar-refractivity contribution in [1.82, 2.24) is 24.2 Å². The summed E-state index contributed by atoms with van der Waals surface area (Å²) in [6.45, 7) is 7.78. The maximum atomic E-state index is 5.13. The fraction of sp³-hybridized carbons (Fsp3) is 0.565. The van der Waals surface area contributed by atoms with E-state index in [2.05, 4.69) is 53.9 Å². The van der Waals surface area contributed by atoms with E-state index in [0.29, 0.717) is 6.04 Å². The van der Waals surface area contributed by atoms with Crippen molar-refractivity contribution < 1.29 is 0 Å². The number of hydrogen-bond acceptors (Lipinski definition) is 6. The number of pyridine rings is 1. The number of rotatable bonds is 6. The van der Waals surface area contributed by atoms with Gasteiger partial charge in [0.25, 0.3) is 0 Å². The highest BCUT2D eigenvalue weighted by atomic mass is 32.1. The summed E-state index contributed by atoms with van der Waals surface area (Å²) in [6, 6.07) is 6.94. The van der Waals surface area contributed by atoms with E-state index in [4.69, 9.17) is 4.98 Å². The third kappa shape index (κ3) is 3.74. The lowest BCUT2D eigenvalue weighted by Crippen LogP contribution is -2.48. The van der Waals surface area contributed by atoms with Crippen LogP contribution in [0.1, 0.15) is 42.4 Å². The Bertz CT molecular complexity index is 988. The average molecular weight is 423 g/mol. The molecule has 158 valence electrons. The zero-order chi connectivity index (χ0) is 19.9. The van der Waals surface area contributed by atoms with Gasteiger partial charge in [-0.25, -0.2) is 9.97 Å². The highest BCUT2D eigenvalue weighted by molar-refractivity contribution is 7.09. The topological polar surface area (TPSA) is 39.9 Å². The number of piperazine rings is 1. The first kappa shape index (κ1) is 18.8. The first-order valence-electron chi connectivity index (χ1n) is 11.4. The standard InChI is InChI=1S/C23H30N6S/c1-2-10-27(9-1)23-5-3-4-21-25-19(15-29(21)23)20-16-26(17-22-24-8-13-30-22)11-12-28(20)14-18-6-7-18/h3-5,8,13,15,18,20H,1-2,6-7,9-12,14,16-17H2/t20-/m1/s1. The van der Waals surface area contributed by atoms with Crippen LogP contribution in [0, 0.1) is 5.92 Å². The van der Waals surface area contributed by atoms with Crippen molar-refractivity contribution >= 4 is 22.8 Å². The summed E-state index contributed by atoms with van der Waals surface area (Å²) >= 11 is 1.76. The van der Waals surface area contributed by atoms with Gasteiger partial charge >= 0.3 is 0 Å². The molecule has 1 atom stereocenters. The fourth-order valence-corrected chi connectivity index (χ4v) is 5.71. The van der Waals surface area contributed by atoms with E-state index in [1.165, 1.54) is 48.7 Å². The third-order valence-electron chi connectivity index (χ3n) is 6.87. The Labute approximate surface area is 182 Å². The fourth-order valence-electron chi connectivity index (χ4n) is 5.05. The monoisotopic (exact) mass is 422 g/mol. The maximum Gasteiger partial charge on any atom is 0.138 e. The van der Waals surface area contributed by atoms with Crippen LogP contribution in [0.3, 0.4) is 0 Å². The van der Waals surface area contributed by atoms with Gasteiger partial charge in [-0.3, -0.25) is 14.2 Å². The zero-order valence-corrected chi connectivity index (χ0v) is 18.3. The summed E-state index contributed by atoms with van der Waals surface area (Å²) in [5, 5.41) is 3.30. The minimum absolute atomic E-state index is 0.366. The number of fused-ring (bicyclic) bond motifs is 1. The molecule has 1 aliphatic carbocycles. The molecule has 7 heteroatoms. The van der Waals surface area contributed by atoms with Crippen LogP contribution in [-0.2, 0) is 6.54 Å². The van der Waals surface area contributed by atoms with Gasteiger partial charge in [0, 0.05) is 57.0 Å². The Morgan fingerprint density at radius 3 is 2.77 bits per heavy atom. The molecule has 0 unspecified atom stereocenters. The lowest BCUT2D eigenvalue weighted by molar-refractivity contribution is 0.0639. The summed E-state index contributed by atoms with van der Waals surface area (Å²) in [6.07, 6.45) is 9.62. The van der Waals surface area contributed by atoms with Gasteiger partial charge in [-0.1, -0.05) is 6.07 Å². The van der Waals surface area contributed by atoms with Gasteiger partial charge in [0.2, 0.25) is 0 Å². The molecule has 3 aromatic heterocycles. The summed E-state index contributed by atoms with van der Waals surface area (Å²) in [7, 11) is 0. The van der Waals surface area contributed by atoms with Crippen LogP contribution in [0.25, 0.3) is 5.65 Å². The quantitative estimate of drug-likeness (QED) is 0.606. The Hall–Kier alpha value is -1.96. The summed E-state index contributed by atoms with van der Waals surface area (Å²) in [4.78, 5) is 17.4. The van der Waals surface area contributed by atoms with E-state index in [-0.39, 0.29) is 0 Å². The van der Waals surface area contributed by atoms with Gasteiger partial charge < -0.3 is 4.90 Å². The van der Waals surface area contributed by atoms with Gasteiger partial charge in [-0.05, 0) is 43.7 Å². The molecule has 30 heavy (non-hydrogen) atoms. The van der Waals surface area contributed by atoms with Gasteiger partial charge in [0.1, 0.15) is 16.5 Å². The Morgan fingerprint density at radius 2 is 1.97 bits per heavy atom. The molecule has 0 amide bonds. The van der Waals surface area contributed by atoms with Crippen molar-refractivity contribution in [2.75, 3.05) is 44.2 Å². The van der Waals surface area contributed by atoms with E-state index in [1.807, 2.05) is 6.20 Å². The summed E-state index contributed by atoms with van der Waals surface area (Å²) < 4.78 is 2.33. The van der Waals surface area contributed by atoms with E-state index in [1.54, 1.807) is 11.3 Å². The Morgan fingerprint density at radius 1 is 1.07 bits per heavy atom. The van der Waals surface area contributed by atoms with Crippen molar-refractivity contribution in [2.24, 2.45) is 5.92 Å². The average Bonchev–Trinajstić information content (AvgIpc) is 3.21. The molecular formula is C23H30N6S. The molecule has 0 aromatic carbocycles. The normalized spacial score (nSPS) is 23.6. The van der Waals surface area contributed by atoms with E-state index >= 15 is 0 Å². The largest absolute Gasteiger partial charge is 0.358 e. The molecule has 1 saturated carbocycles. The zero-order valence-electron chi connectivity index (χ0n) is 17.5. The highest BCUT2D eigenvalue weighted by Crippen LogP contribution is 2.35. The lowest BCUT2D eigenvalue weighted by Gasteiger charge is -2.40. The van der Waals surface area contributed by atoms with Crippen molar-refractivity contribution in [3.8, 4) is 0 Å². The maximum absolute atomic E-state index is 5.13. The van der Waals surface area contributed by atoms with Gasteiger partial charge in [-0.15, -0.1) is 11.3 Å². The number of hydrogen-bond donors (Lipinski definition) is 0. The van der Waals surface area contributed by atoms with Crippen molar-refractivity contribution in [2.45, 2.75) is 38.3 Å². The molecule has 0 N–H and O–H groups in total. The number of anilines is 1. The third-order valence-corrected chi connectivity index (χ3v) is 7.63. The molecule has 0 spiro atoms. The van der Waals surface area contributed by atoms with Crippen LogP contribution in [-0.4, -0.2) is 63.4 Å². The van der Waals surface area contributed by atoms with Crippen LogP contribution >= 0.6 is 11.3 Å². The number of aromatic nitrogens is 3. The van der Waals surface area contributed by atoms with Crippen LogP contribution in [0.5, 0.6) is 0 Å². The van der Waals surface area contributed by atoms with Gasteiger partial charge in [0.15, 0.2) is 0 Å². The molecule has 3 aliphatic rings. The Balaban J connectivity index is 1.30. The predicted octanol–water partition coefficient (Wildman–Crippen LogP) is 3.66. The molecule has 3 fully saturated rings. The highest BCUT2D eigenvalue weighted by Gasteiger charge is 2.34. The Kier molecular flexibility index (Phi) is 4.97. The molecule has 0 bridgehead atoms. The first-order chi connectivity index (χ1) is 14.8. The van der Waals surface area contributed by atoms with Crippen molar-refractivity contribution in [3.05, 3.63) is 46.7 Å². The molecule has 6 rings (SSSR count). The van der Waals surface area contributed by atoms with E-state index in [0.717, 1.165) is 50.8 Å². The van der Waals surface area contributed by atoms with Crippen molar-refractivity contribution in [3.63, 3.8) is 0 Å². The minimum atomic E-state index is 0.366. The smallest absolute Gasteiger partial charge is 0.138 e. The number of thiazole rings is 1. The molecule has 3 aromatic rings. The van der Waals surface area contributed by atoms with Crippen LogP contribution in [0.2, 0.25) is 0 Å². The van der Waals surface area contributed by atoms with Crippen LogP contribution in [0.4, 0.5) is 5.82 Å². The molecule has 5 heterocycles. The van der Waals surface area contributed by atoms with Crippen LogP contribution in [0.15, 0.2) is 36.0 Å². The van der Waals surface area contributed by atoms with Gasteiger partial charge in [0.05, 0.1) is 18.3 Å². The summed E-state index contributed by atoms with van der Waals surface area (Å²) in [5.41, 5.74) is 2.31. The minimum Gasteiger partial charge on any atom is -0.358 e. The second-order valence-electron chi connectivity index (χ2n) is 9.09. The number of nitrogens with zero attached hydrogens (tertiary/aromatic N) is 6. The summed E-state index contributed by atoms with van der Waals surface area (Å²) in [5.74, 6) is 2.20. The molecular weight excluding hydrogens is 392 g/mol. The van der Waals surface area contributed by atoms with E-state index in [9.17, 15) is 0 Å². The SMILES string of the molecule is c1cc(N2CCCC2)n2cc([C@H]3CN(Cc4nccs4)CCN3CC3CC3)nc2c1. The van der Waals surface area contributed by atoms with Crippen LogP contribution < -0.4 is 4.90 Å². The van der Waals surface area contributed by atoms with Gasteiger partial charge in [-0.2, -0.15) is 0 Å². The lowest BCUT2D eigenvalue weighted by atomic mass is 10.1. The second-order valence-corrected chi connectivity index (χ2v) is 10.1.